The first-order valence-electron chi connectivity index (χ1n) is 3.74. The lowest BCUT2D eigenvalue weighted by Crippen LogP contribution is -2.16. The molecule has 1 heterocycles. The molecule has 0 aliphatic rings. The van der Waals surface area contributed by atoms with Gasteiger partial charge in [0.25, 0.3) is 0 Å². The van der Waals surface area contributed by atoms with E-state index in [1.165, 1.54) is 0 Å². The largest absolute Gasteiger partial charge is 0.134 e. The zero-order valence-corrected chi connectivity index (χ0v) is 10.8. The Labute approximate surface area is 87.1 Å². The Morgan fingerprint density at radius 1 is 1.42 bits per heavy atom. The van der Waals surface area contributed by atoms with Crippen molar-refractivity contribution in [3.05, 3.63) is 20.8 Å². The molecule has 0 bridgehead atoms. The van der Waals surface area contributed by atoms with Crippen LogP contribution in [0.4, 0.5) is 0 Å². The number of hydrogen-bond acceptors (Lipinski definition) is 1. The number of halogens is 1. The van der Waals surface area contributed by atoms with Crippen LogP contribution in [0.25, 0.3) is 0 Å². The molecule has 0 spiro atoms. The van der Waals surface area contributed by atoms with Crippen LogP contribution < -0.4 is 0 Å². The third-order valence-corrected chi connectivity index (χ3v) is 3.61. The monoisotopic (exact) mass is 258 g/mol. The van der Waals surface area contributed by atoms with E-state index in [1.54, 1.807) is 11.3 Å². The van der Waals surface area contributed by atoms with E-state index in [0.29, 0.717) is 0 Å². The van der Waals surface area contributed by atoms with Crippen LogP contribution in [-0.4, -0.2) is 8.07 Å². The number of hydrogen-bond donors (Lipinski definition) is 0. The van der Waals surface area contributed by atoms with Crippen LogP contribution in [0, 0.1) is 11.5 Å². The highest BCUT2D eigenvalue weighted by Crippen LogP contribution is 2.18. The summed E-state index contributed by atoms with van der Waals surface area (Å²) in [6.07, 6.45) is 0. The highest BCUT2D eigenvalue weighted by Gasteiger charge is 2.07. The summed E-state index contributed by atoms with van der Waals surface area (Å²) < 4.78 is 1.13. The number of rotatable bonds is 0. The Kier molecular flexibility index (Phi) is 3.16. The quantitative estimate of drug-likeness (QED) is 0.492. The van der Waals surface area contributed by atoms with Gasteiger partial charge >= 0.3 is 0 Å². The summed E-state index contributed by atoms with van der Waals surface area (Å²) in [5.74, 6) is 3.21. The van der Waals surface area contributed by atoms with Crippen molar-refractivity contribution in [2.75, 3.05) is 0 Å². The Balaban J connectivity index is 2.80. The average molecular weight is 259 g/mol. The van der Waals surface area contributed by atoms with Crippen molar-refractivity contribution >= 4 is 35.3 Å². The van der Waals surface area contributed by atoms with Crippen molar-refractivity contribution in [1.82, 2.24) is 0 Å². The second kappa shape index (κ2) is 3.78. The average Bonchev–Trinajstić information content (AvgIpc) is 2.30. The molecule has 12 heavy (non-hydrogen) atoms. The van der Waals surface area contributed by atoms with Crippen molar-refractivity contribution in [2.45, 2.75) is 19.6 Å². The summed E-state index contributed by atoms with van der Waals surface area (Å²) in [6, 6.07) is 2.07. The molecule has 0 unspecified atom stereocenters. The fourth-order valence-electron chi connectivity index (χ4n) is 0.628. The summed E-state index contributed by atoms with van der Waals surface area (Å²) >= 11 is 5.10. The molecule has 0 N–H and O–H groups in total. The van der Waals surface area contributed by atoms with Gasteiger partial charge in [0.2, 0.25) is 0 Å². The van der Waals surface area contributed by atoms with Crippen molar-refractivity contribution in [1.29, 1.82) is 0 Å². The molecule has 3 heteroatoms. The molecule has 1 rings (SSSR count). The summed E-state index contributed by atoms with van der Waals surface area (Å²) in [6.45, 7) is 6.76. The topological polar surface area (TPSA) is 0 Å². The Morgan fingerprint density at radius 3 is 2.50 bits per heavy atom. The van der Waals surface area contributed by atoms with E-state index in [2.05, 4.69) is 58.5 Å². The first kappa shape index (κ1) is 10.0. The standard InChI is InChI=1S/C9H11BrSSi/c1-12(2,3)5-4-9-6-8(10)7-11-9/h6-7H,1-3H3. The molecule has 64 valence electrons. The van der Waals surface area contributed by atoms with Crippen molar-refractivity contribution < 1.29 is 0 Å². The molecular weight excluding hydrogens is 248 g/mol. The maximum absolute atomic E-state index is 3.41. The highest BCUT2D eigenvalue weighted by atomic mass is 79.9. The zero-order chi connectivity index (χ0) is 9.19. The molecule has 0 radical (unpaired) electrons. The van der Waals surface area contributed by atoms with Crippen molar-refractivity contribution in [2.24, 2.45) is 0 Å². The molecule has 0 amide bonds. The Hall–Kier alpha value is -0.0431. The third-order valence-electron chi connectivity index (χ3n) is 1.13. The van der Waals surface area contributed by atoms with Crippen LogP contribution in [0.5, 0.6) is 0 Å². The lowest BCUT2D eigenvalue weighted by molar-refractivity contribution is 1.80. The lowest BCUT2D eigenvalue weighted by Gasteiger charge is -2.02. The van der Waals surface area contributed by atoms with Crippen molar-refractivity contribution in [3.63, 3.8) is 0 Å². The molecule has 0 atom stereocenters. The molecule has 0 nitrogen and oxygen atoms in total. The normalized spacial score (nSPS) is 10.7. The minimum absolute atomic E-state index is 1.13. The van der Waals surface area contributed by atoms with Crippen LogP contribution in [0.3, 0.4) is 0 Å². The summed E-state index contributed by atoms with van der Waals surface area (Å²) in [5.41, 5.74) is 3.33. The SMILES string of the molecule is C[Si](C)(C)C#Cc1cc(Br)cs1. The van der Waals surface area contributed by atoms with Gasteiger partial charge in [-0.15, -0.1) is 16.9 Å². The van der Waals surface area contributed by atoms with Gasteiger partial charge in [-0.3, -0.25) is 0 Å². The molecule has 0 saturated carbocycles. The second-order valence-electron chi connectivity index (χ2n) is 3.63. The van der Waals surface area contributed by atoms with Gasteiger partial charge in [0.15, 0.2) is 0 Å². The van der Waals surface area contributed by atoms with Crippen LogP contribution in [-0.2, 0) is 0 Å². The molecule has 0 aliphatic heterocycles. The minimum Gasteiger partial charge on any atom is -0.134 e. The maximum Gasteiger partial charge on any atom is 0.129 e. The second-order valence-corrected chi connectivity index (χ2v) is 10.2. The fraction of sp³-hybridized carbons (Fsp3) is 0.333. The van der Waals surface area contributed by atoms with E-state index in [1.807, 2.05) is 0 Å². The molecule has 1 aromatic heterocycles. The maximum atomic E-state index is 3.41. The molecule has 0 aromatic carbocycles. The van der Waals surface area contributed by atoms with Gasteiger partial charge < -0.3 is 0 Å². The van der Waals surface area contributed by atoms with Crippen LogP contribution in [0.1, 0.15) is 4.88 Å². The highest BCUT2D eigenvalue weighted by molar-refractivity contribution is 9.10. The van der Waals surface area contributed by atoms with E-state index >= 15 is 0 Å². The van der Waals surface area contributed by atoms with Gasteiger partial charge in [-0.25, -0.2) is 0 Å². The van der Waals surface area contributed by atoms with Gasteiger partial charge in [-0.2, -0.15) is 0 Å². The Morgan fingerprint density at radius 2 is 2.08 bits per heavy atom. The zero-order valence-electron chi connectivity index (χ0n) is 7.44. The smallest absolute Gasteiger partial charge is 0.129 e. The predicted molar refractivity (Wildman–Crippen MR) is 62.2 cm³/mol. The van der Waals surface area contributed by atoms with Crippen LogP contribution in [0.15, 0.2) is 15.9 Å². The Bertz CT molecular complexity index is 324. The molecule has 1 aromatic rings. The van der Waals surface area contributed by atoms with Crippen molar-refractivity contribution in [3.8, 4) is 11.5 Å². The van der Waals surface area contributed by atoms with E-state index in [4.69, 9.17) is 0 Å². The van der Waals surface area contributed by atoms with Gasteiger partial charge in [-0.05, 0) is 22.0 Å². The first-order valence-corrected chi connectivity index (χ1v) is 8.92. The number of thiophene rings is 1. The summed E-state index contributed by atoms with van der Waals surface area (Å²) in [4.78, 5) is 1.16. The van der Waals surface area contributed by atoms with Gasteiger partial charge in [-0.1, -0.05) is 25.6 Å². The van der Waals surface area contributed by atoms with E-state index < -0.39 is 8.07 Å². The summed E-state index contributed by atoms with van der Waals surface area (Å²) in [5, 5.41) is 2.06. The molecule has 0 saturated heterocycles. The first-order chi connectivity index (χ1) is 5.47. The molecule has 0 aliphatic carbocycles. The van der Waals surface area contributed by atoms with E-state index in [9.17, 15) is 0 Å². The van der Waals surface area contributed by atoms with Crippen LogP contribution in [0.2, 0.25) is 19.6 Å². The fourth-order valence-corrected chi connectivity index (χ4v) is 2.50. The summed E-state index contributed by atoms with van der Waals surface area (Å²) in [7, 11) is -1.20. The lowest BCUT2D eigenvalue weighted by atomic mass is 10.5. The van der Waals surface area contributed by atoms with E-state index in [0.717, 1.165) is 9.35 Å². The third kappa shape index (κ3) is 3.57. The van der Waals surface area contributed by atoms with Crippen LogP contribution >= 0.6 is 27.3 Å². The predicted octanol–water partition coefficient (Wildman–Crippen LogP) is 3.74. The van der Waals surface area contributed by atoms with E-state index in [-0.39, 0.29) is 0 Å². The minimum atomic E-state index is -1.20. The molecular formula is C9H11BrSSi. The molecule has 0 fully saturated rings. The van der Waals surface area contributed by atoms with Gasteiger partial charge in [0.1, 0.15) is 8.07 Å². The van der Waals surface area contributed by atoms with Gasteiger partial charge in [0.05, 0.1) is 4.88 Å². The van der Waals surface area contributed by atoms with Gasteiger partial charge in [0, 0.05) is 9.85 Å².